The lowest BCUT2D eigenvalue weighted by Crippen LogP contribution is -2.15. The summed E-state index contributed by atoms with van der Waals surface area (Å²) in [6.45, 7) is 1.14. The highest BCUT2D eigenvalue weighted by atomic mass is 19.1. The molecule has 0 fully saturated rings. The number of nitrogens with zero attached hydrogens (tertiary/aromatic N) is 2. The minimum Gasteiger partial charge on any atom is -0.486 e. The van der Waals surface area contributed by atoms with Crippen molar-refractivity contribution >= 4 is 11.0 Å². The van der Waals surface area contributed by atoms with E-state index in [1.165, 1.54) is 12.1 Å². The Bertz CT molecular complexity index is 1190. The van der Waals surface area contributed by atoms with E-state index in [4.69, 9.17) is 9.47 Å². The number of imidazole rings is 1. The van der Waals surface area contributed by atoms with Crippen LogP contribution in [0.2, 0.25) is 0 Å². The van der Waals surface area contributed by atoms with E-state index in [1.54, 1.807) is 42.5 Å². The van der Waals surface area contributed by atoms with Crippen LogP contribution in [0.3, 0.4) is 0 Å². The molecule has 0 N–H and O–H groups in total. The molecule has 0 saturated carbocycles. The number of aromatic nitrogens is 2. The van der Waals surface area contributed by atoms with E-state index in [0.717, 1.165) is 5.52 Å². The van der Waals surface area contributed by atoms with Gasteiger partial charge in [0.05, 0.1) is 23.1 Å². The first-order chi connectivity index (χ1) is 13.7. The van der Waals surface area contributed by atoms with E-state index in [-0.39, 0.29) is 18.2 Å². The zero-order chi connectivity index (χ0) is 19.1. The average molecular weight is 378 g/mol. The second kappa shape index (κ2) is 6.64. The number of fused-ring (bicyclic) bond motifs is 2. The highest BCUT2D eigenvalue weighted by Crippen LogP contribution is 2.37. The topological polar surface area (TPSA) is 36.3 Å². The zero-order valence-electron chi connectivity index (χ0n) is 14.9. The van der Waals surface area contributed by atoms with Gasteiger partial charge in [-0.3, -0.25) is 0 Å². The number of hydrogen-bond donors (Lipinski definition) is 0. The van der Waals surface area contributed by atoms with Crippen LogP contribution < -0.4 is 9.47 Å². The molecule has 2 heterocycles. The van der Waals surface area contributed by atoms with Crippen LogP contribution in [-0.4, -0.2) is 22.8 Å². The van der Waals surface area contributed by atoms with E-state index in [0.29, 0.717) is 47.2 Å². The van der Waals surface area contributed by atoms with Crippen molar-refractivity contribution in [2.24, 2.45) is 0 Å². The van der Waals surface area contributed by atoms with Crippen molar-refractivity contribution in [1.82, 2.24) is 9.55 Å². The first-order valence-electron chi connectivity index (χ1n) is 8.99. The normalized spacial score (nSPS) is 13.1. The SMILES string of the molecule is Fc1ccccc1Cn1c(-c2ccccc2F)nc2cc3c(cc21)OCCO3. The summed E-state index contributed by atoms with van der Waals surface area (Å²) >= 11 is 0. The summed E-state index contributed by atoms with van der Waals surface area (Å²) in [5, 5.41) is 0. The van der Waals surface area contributed by atoms with E-state index in [9.17, 15) is 8.78 Å². The van der Waals surface area contributed by atoms with Crippen molar-refractivity contribution in [2.45, 2.75) is 6.54 Å². The lowest BCUT2D eigenvalue weighted by molar-refractivity contribution is 0.172. The minimum atomic E-state index is -0.384. The number of hydrogen-bond acceptors (Lipinski definition) is 3. The van der Waals surface area contributed by atoms with Gasteiger partial charge in [0.1, 0.15) is 30.7 Å². The molecular weight excluding hydrogens is 362 g/mol. The van der Waals surface area contributed by atoms with E-state index >= 15 is 0 Å². The molecule has 140 valence electrons. The van der Waals surface area contributed by atoms with Crippen LogP contribution in [0, 0.1) is 11.6 Å². The standard InChI is InChI=1S/C22H16F2N2O2/c23-16-7-3-1-5-14(16)13-26-19-12-21-20(27-9-10-28-21)11-18(19)25-22(26)15-6-2-4-8-17(15)24/h1-8,11-12H,9-10,13H2. The summed E-state index contributed by atoms with van der Waals surface area (Å²) in [6.07, 6.45) is 0. The number of ether oxygens (including phenoxy) is 2. The fraction of sp³-hybridized carbons (Fsp3) is 0.136. The molecule has 0 unspecified atom stereocenters. The van der Waals surface area contributed by atoms with Crippen molar-refractivity contribution in [1.29, 1.82) is 0 Å². The summed E-state index contributed by atoms with van der Waals surface area (Å²) in [5.41, 5.74) is 2.22. The molecule has 0 spiro atoms. The van der Waals surface area contributed by atoms with E-state index in [1.807, 2.05) is 10.6 Å². The Labute approximate surface area is 160 Å². The Balaban J connectivity index is 1.75. The van der Waals surface area contributed by atoms with Crippen LogP contribution in [0.4, 0.5) is 8.78 Å². The molecule has 3 aromatic carbocycles. The van der Waals surface area contributed by atoms with Crippen LogP contribution >= 0.6 is 0 Å². The Kier molecular flexibility index (Phi) is 3.97. The smallest absolute Gasteiger partial charge is 0.163 e. The molecular formula is C22H16F2N2O2. The summed E-state index contributed by atoms with van der Waals surface area (Å²) in [5.74, 6) is 0.938. The molecule has 0 saturated heterocycles. The van der Waals surface area contributed by atoms with Crippen molar-refractivity contribution in [3.63, 3.8) is 0 Å². The summed E-state index contributed by atoms with van der Waals surface area (Å²) in [7, 11) is 0. The van der Waals surface area contributed by atoms with Crippen LogP contribution in [0.15, 0.2) is 60.7 Å². The molecule has 1 aliphatic heterocycles. The van der Waals surface area contributed by atoms with Gasteiger partial charge in [-0.05, 0) is 18.2 Å². The van der Waals surface area contributed by atoms with Crippen LogP contribution in [0.25, 0.3) is 22.4 Å². The molecule has 5 rings (SSSR count). The fourth-order valence-corrected chi connectivity index (χ4v) is 3.47. The van der Waals surface area contributed by atoms with Crippen LogP contribution in [0.5, 0.6) is 11.5 Å². The summed E-state index contributed by atoms with van der Waals surface area (Å²) in [4.78, 5) is 4.64. The zero-order valence-corrected chi connectivity index (χ0v) is 14.9. The Morgan fingerprint density at radius 1 is 0.857 bits per heavy atom. The van der Waals surface area contributed by atoms with Crippen LogP contribution in [-0.2, 0) is 6.54 Å². The minimum absolute atomic E-state index is 0.215. The van der Waals surface area contributed by atoms with Crippen molar-refractivity contribution < 1.29 is 18.3 Å². The molecule has 0 bridgehead atoms. The first kappa shape index (κ1) is 16.7. The third-order valence-electron chi connectivity index (χ3n) is 4.81. The van der Waals surface area contributed by atoms with Crippen LogP contribution in [0.1, 0.15) is 5.56 Å². The third-order valence-corrected chi connectivity index (χ3v) is 4.81. The lowest BCUT2D eigenvalue weighted by atomic mass is 10.1. The fourth-order valence-electron chi connectivity index (χ4n) is 3.47. The van der Waals surface area contributed by atoms with Gasteiger partial charge in [0, 0.05) is 17.7 Å². The molecule has 4 nitrogen and oxygen atoms in total. The molecule has 0 radical (unpaired) electrons. The van der Waals surface area contributed by atoms with Gasteiger partial charge in [-0.1, -0.05) is 30.3 Å². The number of benzene rings is 3. The van der Waals surface area contributed by atoms with Gasteiger partial charge < -0.3 is 14.0 Å². The second-order valence-electron chi connectivity index (χ2n) is 6.58. The maximum Gasteiger partial charge on any atom is 0.163 e. The van der Waals surface area contributed by atoms with Gasteiger partial charge in [0.15, 0.2) is 11.5 Å². The van der Waals surface area contributed by atoms with Gasteiger partial charge >= 0.3 is 0 Å². The Hall–Kier alpha value is -3.41. The molecule has 1 aliphatic rings. The average Bonchev–Trinajstić information content (AvgIpc) is 3.05. The largest absolute Gasteiger partial charge is 0.486 e. The van der Waals surface area contributed by atoms with E-state index in [2.05, 4.69) is 4.98 Å². The predicted molar refractivity (Wildman–Crippen MR) is 102 cm³/mol. The van der Waals surface area contributed by atoms with Gasteiger partial charge in [-0.15, -0.1) is 0 Å². The van der Waals surface area contributed by atoms with Gasteiger partial charge in [-0.2, -0.15) is 0 Å². The number of rotatable bonds is 3. The number of halogens is 2. The van der Waals surface area contributed by atoms with Gasteiger partial charge in [0.25, 0.3) is 0 Å². The molecule has 1 aromatic heterocycles. The lowest BCUT2D eigenvalue weighted by Gasteiger charge is -2.18. The molecule has 0 aliphatic carbocycles. The Morgan fingerprint density at radius 2 is 1.54 bits per heavy atom. The maximum atomic E-state index is 14.5. The summed E-state index contributed by atoms with van der Waals surface area (Å²) in [6, 6.07) is 16.6. The van der Waals surface area contributed by atoms with Crippen molar-refractivity contribution in [2.75, 3.05) is 13.2 Å². The Morgan fingerprint density at radius 3 is 2.29 bits per heavy atom. The van der Waals surface area contributed by atoms with Gasteiger partial charge in [-0.25, -0.2) is 13.8 Å². The van der Waals surface area contributed by atoms with E-state index < -0.39 is 0 Å². The summed E-state index contributed by atoms with van der Waals surface area (Å²) < 4.78 is 42.0. The van der Waals surface area contributed by atoms with Crippen molar-refractivity contribution in [3.8, 4) is 22.9 Å². The van der Waals surface area contributed by atoms with Crippen molar-refractivity contribution in [3.05, 3.63) is 77.9 Å². The monoisotopic (exact) mass is 378 g/mol. The molecule has 0 amide bonds. The predicted octanol–water partition coefficient (Wildman–Crippen LogP) is 4.80. The highest BCUT2D eigenvalue weighted by molar-refractivity contribution is 5.84. The maximum absolute atomic E-state index is 14.5. The highest BCUT2D eigenvalue weighted by Gasteiger charge is 2.21. The molecule has 6 heteroatoms. The molecule has 28 heavy (non-hydrogen) atoms. The quantitative estimate of drug-likeness (QED) is 0.514. The molecule has 4 aromatic rings. The molecule has 0 atom stereocenters. The first-order valence-corrected chi connectivity index (χ1v) is 8.99. The van der Waals surface area contributed by atoms with Gasteiger partial charge in [0.2, 0.25) is 0 Å². The second-order valence-corrected chi connectivity index (χ2v) is 6.58. The third kappa shape index (κ3) is 2.78.